The molecular weight excluding hydrogens is 414 g/mol. The van der Waals surface area contributed by atoms with E-state index in [0.29, 0.717) is 17.4 Å². The van der Waals surface area contributed by atoms with Crippen molar-refractivity contribution in [2.75, 3.05) is 4.72 Å². The van der Waals surface area contributed by atoms with E-state index < -0.39 is 10.0 Å². The number of halogens is 1. The molecule has 0 saturated heterocycles. The molecule has 1 aliphatic rings. The third-order valence-corrected chi connectivity index (χ3v) is 6.69. The molecule has 0 unspecified atom stereocenters. The van der Waals surface area contributed by atoms with Gasteiger partial charge in [0.1, 0.15) is 4.90 Å². The lowest BCUT2D eigenvalue weighted by Crippen LogP contribution is -2.20. The first-order valence-electron chi connectivity index (χ1n) is 8.96. The predicted octanol–water partition coefficient (Wildman–Crippen LogP) is 5.17. The summed E-state index contributed by atoms with van der Waals surface area (Å²) < 4.78 is 31.9. The van der Waals surface area contributed by atoms with Gasteiger partial charge in [0.15, 0.2) is 0 Å². The minimum atomic E-state index is -3.72. The first-order valence-corrected chi connectivity index (χ1v) is 11.2. The van der Waals surface area contributed by atoms with Crippen molar-refractivity contribution in [2.45, 2.75) is 69.7 Å². The highest BCUT2D eigenvalue weighted by molar-refractivity contribution is 9.10. The Morgan fingerprint density at radius 1 is 1.23 bits per heavy atom. The van der Waals surface area contributed by atoms with Gasteiger partial charge in [0.2, 0.25) is 0 Å². The Hall–Kier alpha value is -1.34. The van der Waals surface area contributed by atoms with Crippen LogP contribution >= 0.6 is 15.9 Å². The second kappa shape index (κ2) is 7.00. The number of hydrogen-bond donors (Lipinski definition) is 1. The van der Waals surface area contributed by atoms with Gasteiger partial charge in [-0.15, -0.1) is 0 Å². The molecule has 5 nitrogen and oxygen atoms in total. The van der Waals surface area contributed by atoms with Gasteiger partial charge >= 0.3 is 0 Å². The summed E-state index contributed by atoms with van der Waals surface area (Å²) in [4.78, 5) is 0.277. The van der Waals surface area contributed by atoms with Crippen LogP contribution in [0.4, 0.5) is 5.69 Å². The van der Waals surface area contributed by atoms with Gasteiger partial charge in [-0.3, -0.25) is 9.40 Å². The minimum Gasteiger partial charge on any atom is -0.279 e. The van der Waals surface area contributed by atoms with Crippen molar-refractivity contribution in [1.82, 2.24) is 9.78 Å². The van der Waals surface area contributed by atoms with E-state index in [0.717, 1.165) is 22.9 Å². The molecule has 1 aromatic heterocycles. The highest BCUT2D eigenvalue weighted by Gasteiger charge is 2.32. The van der Waals surface area contributed by atoms with E-state index in [-0.39, 0.29) is 10.3 Å². The number of hydrogen-bond acceptors (Lipinski definition) is 3. The molecule has 1 fully saturated rings. The van der Waals surface area contributed by atoms with Crippen molar-refractivity contribution in [3.8, 4) is 0 Å². The molecular formula is C19H26BrN3O2S. The molecule has 1 heterocycles. The van der Waals surface area contributed by atoms with Gasteiger partial charge in [0.05, 0.1) is 17.4 Å². The summed E-state index contributed by atoms with van der Waals surface area (Å²) in [6.45, 7) is 7.88. The molecule has 142 valence electrons. The first-order chi connectivity index (χ1) is 12.1. The van der Waals surface area contributed by atoms with Crippen molar-refractivity contribution in [1.29, 1.82) is 0 Å². The van der Waals surface area contributed by atoms with Crippen LogP contribution in [0, 0.1) is 6.92 Å². The van der Waals surface area contributed by atoms with E-state index in [9.17, 15) is 8.42 Å². The Kier molecular flexibility index (Phi) is 5.23. The number of anilines is 1. The zero-order valence-electron chi connectivity index (χ0n) is 15.7. The van der Waals surface area contributed by atoms with E-state index in [2.05, 4.69) is 20.7 Å². The summed E-state index contributed by atoms with van der Waals surface area (Å²) in [5.41, 5.74) is 1.71. The monoisotopic (exact) mass is 439 g/mol. The summed E-state index contributed by atoms with van der Waals surface area (Å²) in [7, 11) is -3.72. The van der Waals surface area contributed by atoms with E-state index in [1.807, 2.05) is 44.5 Å². The molecule has 2 aromatic rings. The third-order valence-electron chi connectivity index (χ3n) is 4.83. The highest BCUT2D eigenvalue weighted by atomic mass is 79.9. The summed E-state index contributed by atoms with van der Waals surface area (Å²) in [5.74, 6) is 0. The summed E-state index contributed by atoms with van der Waals surface area (Å²) in [6, 6.07) is 5.80. The first kappa shape index (κ1) is 19.4. The van der Waals surface area contributed by atoms with Crippen molar-refractivity contribution < 1.29 is 8.42 Å². The van der Waals surface area contributed by atoms with Crippen molar-refractivity contribution in [3.05, 3.63) is 40.1 Å². The SMILES string of the molecule is Cc1cc(Br)ccc1NS(=O)(=O)c1cn(C2CCCC2)nc1C(C)(C)C. The van der Waals surface area contributed by atoms with Crippen LogP contribution in [-0.4, -0.2) is 18.2 Å². The van der Waals surface area contributed by atoms with Crippen LogP contribution in [0.5, 0.6) is 0 Å². The molecule has 7 heteroatoms. The molecule has 0 amide bonds. The highest BCUT2D eigenvalue weighted by Crippen LogP contribution is 2.34. The molecule has 0 aliphatic heterocycles. The number of nitrogens with zero attached hydrogens (tertiary/aromatic N) is 2. The number of aromatic nitrogens is 2. The van der Waals surface area contributed by atoms with Gasteiger partial charge in [-0.05, 0) is 43.5 Å². The lowest BCUT2D eigenvalue weighted by Gasteiger charge is -2.18. The number of sulfonamides is 1. The van der Waals surface area contributed by atoms with E-state index in [1.54, 1.807) is 12.3 Å². The molecule has 3 rings (SSSR count). The molecule has 1 aromatic carbocycles. The van der Waals surface area contributed by atoms with Gasteiger partial charge in [-0.2, -0.15) is 5.10 Å². The molecule has 0 bridgehead atoms. The summed E-state index contributed by atoms with van der Waals surface area (Å²) >= 11 is 3.41. The van der Waals surface area contributed by atoms with Crippen LogP contribution in [0.25, 0.3) is 0 Å². The molecule has 0 atom stereocenters. The second-order valence-electron chi connectivity index (χ2n) is 8.07. The van der Waals surface area contributed by atoms with Crippen molar-refractivity contribution in [2.24, 2.45) is 0 Å². The smallest absolute Gasteiger partial charge is 0.265 e. The maximum atomic E-state index is 13.2. The normalized spacial score (nSPS) is 16.2. The summed E-state index contributed by atoms with van der Waals surface area (Å²) in [6.07, 6.45) is 6.18. The van der Waals surface area contributed by atoms with Crippen molar-refractivity contribution >= 4 is 31.6 Å². The minimum absolute atomic E-state index is 0.277. The van der Waals surface area contributed by atoms with E-state index in [1.165, 1.54) is 12.8 Å². The van der Waals surface area contributed by atoms with Gasteiger partial charge in [0, 0.05) is 16.1 Å². The molecule has 26 heavy (non-hydrogen) atoms. The van der Waals surface area contributed by atoms with Crippen LogP contribution in [0.1, 0.15) is 63.8 Å². The lowest BCUT2D eigenvalue weighted by atomic mass is 9.92. The van der Waals surface area contributed by atoms with Gasteiger partial charge < -0.3 is 0 Å². The van der Waals surface area contributed by atoms with Gasteiger partial charge in [-0.25, -0.2) is 8.42 Å². The van der Waals surface area contributed by atoms with Crippen LogP contribution in [-0.2, 0) is 15.4 Å². The van der Waals surface area contributed by atoms with Gasteiger partial charge in [0.25, 0.3) is 10.0 Å². The van der Waals surface area contributed by atoms with Crippen molar-refractivity contribution in [3.63, 3.8) is 0 Å². The fraction of sp³-hybridized carbons (Fsp3) is 0.526. The van der Waals surface area contributed by atoms with Gasteiger partial charge in [-0.1, -0.05) is 49.5 Å². The Labute approximate surface area is 164 Å². The topological polar surface area (TPSA) is 64.0 Å². The molecule has 0 radical (unpaired) electrons. The zero-order chi connectivity index (χ0) is 19.1. The quantitative estimate of drug-likeness (QED) is 0.714. The van der Waals surface area contributed by atoms with Crippen LogP contribution in [0.2, 0.25) is 0 Å². The summed E-state index contributed by atoms with van der Waals surface area (Å²) in [5, 5.41) is 4.70. The largest absolute Gasteiger partial charge is 0.279 e. The maximum Gasteiger partial charge on any atom is 0.265 e. The standard InChI is InChI=1S/C19H26BrN3O2S/c1-13-11-14(20)9-10-16(13)22-26(24,25)17-12-23(15-7-5-6-8-15)21-18(17)19(2,3)4/h9-12,15,22H,5-8H2,1-4H3. The third kappa shape index (κ3) is 3.98. The molecule has 0 spiro atoms. The Morgan fingerprint density at radius 3 is 2.46 bits per heavy atom. The molecule has 1 aliphatic carbocycles. The number of nitrogens with one attached hydrogen (secondary N) is 1. The van der Waals surface area contributed by atoms with E-state index >= 15 is 0 Å². The molecule has 1 N–H and O–H groups in total. The predicted molar refractivity (Wildman–Crippen MR) is 108 cm³/mol. The van der Waals surface area contributed by atoms with E-state index in [4.69, 9.17) is 5.10 Å². The average molecular weight is 440 g/mol. The Morgan fingerprint density at radius 2 is 1.88 bits per heavy atom. The number of rotatable bonds is 4. The van der Waals surface area contributed by atoms with Crippen LogP contribution < -0.4 is 4.72 Å². The average Bonchev–Trinajstić information content (AvgIpc) is 3.17. The Balaban J connectivity index is 2.02. The second-order valence-corrected chi connectivity index (χ2v) is 10.6. The lowest BCUT2D eigenvalue weighted by molar-refractivity contribution is 0.448. The Bertz CT molecular complexity index is 907. The number of benzene rings is 1. The maximum absolute atomic E-state index is 13.2. The fourth-order valence-electron chi connectivity index (χ4n) is 3.39. The van der Waals surface area contributed by atoms with Crippen LogP contribution in [0.3, 0.4) is 0 Å². The van der Waals surface area contributed by atoms with Crippen LogP contribution in [0.15, 0.2) is 33.8 Å². The zero-order valence-corrected chi connectivity index (χ0v) is 18.1. The molecule has 1 saturated carbocycles. The fourth-order valence-corrected chi connectivity index (χ4v) is 5.34. The number of aryl methyl sites for hydroxylation is 1.